The Morgan fingerprint density at radius 2 is 1.97 bits per heavy atom. The van der Waals surface area contributed by atoms with Crippen LogP contribution in [0.5, 0.6) is 0 Å². The van der Waals surface area contributed by atoms with E-state index in [1.807, 2.05) is 25.5 Å². The van der Waals surface area contributed by atoms with Crippen LogP contribution in [0.3, 0.4) is 0 Å². The zero-order valence-electron chi connectivity index (χ0n) is 18.7. The van der Waals surface area contributed by atoms with Gasteiger partial charge in [0.1, 0.15) is 10.7 Å². The minimum absolute atomic E-state index is 0.400. The van der Waals surface area contributed by atoms with Crippen molar-refractivity contribution in [3.05, 3.63) is 35.9 Å². The van der Waals surface area contributed by atoms with Crippen LogP contribution in [0.1, 0.15) is 38.6 Å². The molecule has 6 heterocycles. The minimum atomic E-state index is 0.400. The van der Waals surface area contributed by atoms with E-state index < -0.39 is 0 Å². The summed E-state index contributed by atoms with van der Waals surface area (Å²) < 4.78 is 0. The summed E-state index contributed by atoms with van der Waals surface area (Å²) in [5, 5.41) is 13.4. The Labute approximate surface area is 194 Å². The monoisotopic (exact) mass is 465 g/mol. The molecule has 0 aromatic carbocycles. The number of piperidine rings is 1. The number of aryl methyl sites for hydroxylation is 1. The fourth-order valence-electron chi connectivity index (χ4n) is 4.39. The van der Waals surface area contributed by atoms with Crippen LogP contribution in [0.25, 0.3) is 42.4 Å². The van der Waals surface area contributed by atoms with Gasteiger partial charge < -0.3 is 10.3 Å². The predicted molar refractivity (Wildman–Crippen MR) is 133 cm³/mol. The zero-order chi connectivity index (χ0) is 22.3. The number of aromatic amines is 2. The van der Waals surface area contributed by atoms with Gasteiger partial charge in [0.05, 0.1) is 16.7 Å². The van der Waals surface area contributed by atoms with Crippen LogP contribution in [-0.4, -0.2) is 42.2 Å². The number of rotatable bonds is 2. The van der Waals surface area contributed by atoms with Gasteiger partial charge >= 0.3 is 0 Å². The molecule has 1 aliphatic rings. The first-order valence-corrected chi connectivity index (χ1v) is 12.5. The summed E-state index contributed by atoms with van der Waals surface area (Å²) in [6.07, 6.45) is 10.2. The van der Waals surface area contributed by atoms with E-state index in [-0.39, 0.29) is 0 Å². The molecular weight excluding hydrogens is 438 g/mol. The van der Waals surface area contributed by atoms with Crippen LogP contribution in [0.2, 0.25) is 0 Å². The maximum absolute atomic E-state index is 4.70. The molecule has 1 fully saturated rings. The molecule has 5 aromatic heterocycles. The number of H-pyrrole nitrogens is 2. The molecule has 32 heavy (non-hydrogen) atoms. The van der Waals surface area contributed by atoms with E-state index in [1.165, 1.54) is 19.4 Å². The fourth-order valence-corrected chi connectivity index (χ4v) is 6.33. The number of fused-ring (bicyclic) bond motifs is 2. The summed E-state index contributed by atoms with van der Waals surface area (Å²) >= 11 is 3.19. The Morgan fingerprint density at radius 1 is 1.12 bits per heavy atom. The highest BCUT2D eigenvalue weighted by molar-refractivity contribution is 7.28. The van der Waals surface area contributed by atoms with Crippen LogP contribution in [0.4, 0.5) is 0 Å². The number of hydrogen-bond acceptors (Lipinski definition) is 7. The molecule has 1 unspecified atom stereocenters. The highest BCUT2D eigenvalue weighted by Crippen LogP contribution is 2.37. The Hall–Kier alpha value is -2.62. The van der Waals surface area contributed by atoms with Gasteiger partial charge in [-0.3, -0.25) is 10.1 Å². The lowest BCUT2D eigenvalue weighted by Crippen LogP contribution is -2.45. The third-order valence-corrected chi connectivity index (χ3v) is 7.74. The van der Waals surface area contributed by atoms with Gasteiger partial charge in [-0.15, -0.1) is 0 Å². The number of thiazole rings is 2. The van der Waals surface area contributed by atoms with Gasteiger partial charge in [0.2, 0.25) is 0 Å². The number of aromatic nitrogens is 6. The van der Waals surface area contributed by atoms with Crippen LogP contribution in [0.15, 0.2) is 30.9 Å². The Morgan fingerprint density at radius 3 is 2.66 bits per heavy atom. The third kappa shape index (κ3) is 4.20. The van der Waals surface area contributed by atoms with Crippen LogP contribution < -0.4 is 5.32 Å². The second-order valence-corrected chi connectivity index (χ2v) is 11.2. The number of hydrogen-bond donors (Lipinski definition) is 3. The number of nitrogens with zero attached hydrogens (tertiary/aromatic N) is 4. The molecular formula is C23H27N7S2. The lowest BCUT2D eigenvalue weighted by atomic mass is 9.86. The van der Waals surface area contributed by atoms with E-state index in [0.29, 0.717) is 5.54 Å². The lowest BCUT2D eigenvalue weighted by Gasteiger charge is -2.34. The number of pyridine rings is 1. The van der Waals surface area contributed by atoms with Crippen molar-refractivity contribution in [3.63, 3.8) is 0 Å². The summed E-state index contributed by atoms with van der Waals surface area (Å²) in [7, 11) is 0. The van der Waals surface area contributed by atoms with E-state index in [4.69, 9.17) is 4.98 Å². The summed E-state index contributed by atoms with van der Waals surface area (Å²) in [4.78, 5) is 19.1. The van der Waals surface area contributed by atoms with E-state index >= 15 is 0 Å². The van der Waals surface area contributed by atoms with Gasteiger partial charge in [-0.25, -0.2) is 9.97 Å². The highest BCUT2D eigenvalue weighted by Gasteiger charge is 2.24. The molecule has 0 amide bonds. The van der Waals surface area contributed by atoms with Crippen molar-refractivity contribution in [2.75, 3.05) is 6.54 Å². The molecule has 0 aliphatic carbocycles. The van der Waals surface area contributed by atoms with Crippen molar-refractivity contribution in [2.24, 2.45) is 5.92 Å². The van der Waals surface area contributed by atoms with Gasteiger partial charge in [-0.1, -0.05) is 29.6 Å². The fraction of sp³-hybridized carbons (Fsp3) is 0.391. The Kier molecular flexibility index (Phi) is 5.56. The minimum Gasteiger partial charge on any atom is -0.359 e. The largest absolute Gasteiger partial charge is 0.359 e. The van der Waals surface area contributed by atoms with Gasteiger partial charge in [-0.05, 0) is 52.1 Å². The van der Waals surface area contributed by atoms with Crippen molar-refractivity contribution in [1.82, 2.24) is 35.5 Å². The Bertz CT molecular complexity index is 1310. The molecule has 5 aromatic rings. The normalized spacial score (nSPS) is 18.1. The summed E-state index contributed by atoms with van der Waals surface area (Å²) in [5.41, 5.74) is 4.32. The highest BCUT2D eigenvalue weighted by atomic mass is 32.1. The van der Waals surface area contributed by atoms with Gasteiger partial charge in [0, 0.05) is 40.6 Å². The third-order valence-electron chi connectivity index (χ3n) is 5.79. The second kappa shape index (κ2) is 8.38. The zero-order valence-corrected chi connectivity index (χ0v) is 20.3. The molecule has 7 nitrogen and oxygen atoms in total. The van der Waals surface area contributed by atoms with Crippen molar-refractivity contribution < 1.29 is 0 Å². The first-order chi connectivity index (χ1) is 15.4. The molecule has 1 saturated heterocycles. The van der Waals surface area contributed by atoms with Gasteiger partial charge in [-0.2, -0.15) is 5.10 Å². The molecule has 0 saturated carbocycles. The molecule has 0 radical (unpaired) electrons. The van der Waals surface area contributed by atoms with E-state index in [2.05, 4.69) is 57.3 Å². The average molecular weight is 466 g/mol. The van der Waals surface area contributed by atoms with Crippen LogP contribution in [-0.2, 0) is 0 Å². The molecule has 3 N–H and O–H groups in total. The van der Waals surface area contributed by atoms with Crippen LogP contribution in [0, 0.1) is 12.8 Å². The SMILES string of the molecule is CC1CCNC(C)(C)C1.Cc1nc2sc(-c3ncc(-c4cn[nH]c4)c4cc[nH]c34)nc2s1. The topological polar surface area (TPSA) is 95.2 Å². The molecule has 1 aliphatic heterocycles. The predicted octanol–water partition coefficient (Wildman–Crippen LogP) is 5.78. The smallest absolute Gasteiger partial charge is 0.155 e. The van der Waals surface area contributed by atoms with Gasteiger partial charge in [0.15, 0.2) is 9.66 Å². The standard InChI is InChI=1S/C15H10N6S2.C8H17N/c1-7-20-14-15(22-7)21-13(23-14)12-11-9(2-3-16-11)10(6-17-12)8-4-18-19-5-8;1-7-4-5-9-8(2,3)6-7/h2-6,16H,1H3,(H,18,19);7,9H,4-6H2,1-3H3. The molecule has 6 rings (SSSR count). The summed E-state index contributed by atoms with van der Waals surface area (Å²) in [6.45, 7) is 10.1. The summed E-state index contributed by atoms with van der Waals surface area (Å²) in [5.74, 6) is 0.918. The first kappa shape index (κ1) is 21.2. The van der Waals surface area contributed by atoms with Crippen molar-refractivity contribution in [3.8, 4) is 21.8 Å². The molecule has 1 atom stereocenters. The van der Waals surface area contributed by atoms with Crippen molar-refractivity contribution in [2.45, 2.75) is 46.1 Å². The number of nitrogens with one attached hydrogen (secondary N) is 3. The van der Waals surface area contributed by atoms with E-state index in [1.54, 1.807) is 28.9 Å². The summed E-state index contributed by atoms with van der Waals surface area (Å²) in [6, 6.07) is 2.06. The van der Waals surface area contributed by atoms with Gasteiger partial charge in [0.25, 0.3) is 0 Å². The Balaban J connectivity index is 0.000000203. The second-order valence-electron chi connectivity index (χ2n) is 9.04. The van der Waals surface area contributed by atoms with Crippen LogP contribution >= 0.6 is 22.7 Å². The molecule has 166 valence electrons. The molecule has 9 heteroatoms. The van der Waals surface area contributed by atoms with Crippen molar-refractivity contribution in [1.29, 1.82) is 0 Å². The molecule has 0 spiro atoms. The molecule has 0 bridgehead atoms. The first-order valence-electron chi connectivity index (χ1n) is 10.8. The maximum Gasteiger partial charge on any atom is 0.155 e. The average Bonchev–Trinajstić information content (AvgIpc) is 3.50. The van der Waals surface area contributed by atoms with Crippen molar-refractivity contribution >= 4 is 43.2 Å². The van der Waals surface area contributed by atoms with E-state index in [0.717, 1.165) is 53.3 Å². The lowest BCUT2D eigenvalue weighted by molar-refractivity contribution is 0.243. The van der Waals surface area contributed by atoms with E-state index in [9.17, 15) is 0 Å². The maximum atomic E-state index is 4.70. The quantitative estimate of drug-likeness (QED) is 0.307.